The Morgan fingerprint density at radius 3 is 2.45 bits per heavy atom. The maximum atomic E-state index is 4.88. The van der Waals surface area contributed by atoms with Crippen molar-refractivity contribution >= 4 is 0 Å². The quantitative estimate of drug-likeness (QED) is 0.367. The van der Waals surface area contributed by atoms with Crippen LogP contribution in [0.1, 0.15) is 71.6 Å². The van der Waals surface area contributed by atoms with Crippen molar-refractivity contribution in [3.63, 3.8) is 0 Å². The molecule has 22 heavy (non-hydrogen) atoms. The van der Waals surface area contributed by atoms with Crippen molar-refractivity contribution in [2.75, 3.05) is 0 Å². The van der Waals surface area contributed by atoms with Gasteiger partial charge in [0.15, 0.2) is 0 Å². The van der Waals surface area contributed by atoms with Gasteiger partial charge in [-0.2, -0.15) is 0 Å². The van der Waals surface area contributed by atoms with Crippen molar-refractivity contribution in [1.29, 1.82) is 0 Å². The van der Waals surface area contributed by atoms with Crippen LogP contribution >= 0.6 is 0 Å². The number of hydrogen-bond donors (Lipinski definition) is 0. The van der Waals surface area contributed by atoms with Crippen molar-refractivity contribution in [2.24, 2.45) is 39.9 Å². The van der Waals surface area contributed by atoms with Gasteiger partial charge in [0, 0.05) is 23.2 Å². The van der Waals surface area contributed by atoms with Crippen LogP contribution in [0.25, 0.3) is 0 Å². The van der Waals surface area contributed by atoms with Crippen LogP contribution in [0, 0.1) is 53.8 Å². The lowest BCUT2D eigenvalue weighted by Crippen LogP contribution is -2.54. The second-order valence-electron chi connectivity index (χ2n) is 9.96. The fourth-order valence-electron chi connectivity index (χ4n) is 7.25. The Morgan fingerprint density at radius 1 is 0.955 bits per heavy atom. The molecule has 0 N–H and O–H groups in total. The molecule has 4 saturated carbocycles. The lowest BCUT2D eigenvalue weighted by molar-refractivity contribution is -0.0941. The summed E-state index contributed by atoms with van der Waals surface area (Å²) in [4.78, 5) is 0. The number of allylic oxidation sites excluding steroid dienone is 1. The van der Waals surface area contributed by atoms with E-state index in [1.165, 1.54) is 63.4 Å². The van der Waals surface area contributed by atoms with Gasteiger partial charge in [-0.1, -0.05) is 26.0 Å². The number of rotatable bonds is 0. The summed E-state index contributed by atoms with van der Waals surface area (Å²) in [5.74, 6) is 3.47. The van der Waals surface area contributed by atoms with Gasteiger partial charge in [-0.25, -0.2) is 0 Å². The average molecular weight is 299 g/mol. The van der Waals surface area contributed by atoms with Gasteiger partial charge in [-0.05, 0) is 63.7 Å². The summed E-state index contributed by atoms with van der Waals surface area (Å²) < 4.78 is 0. The third-order valence-electron chi connectivity index (χ3n) is 8.95. The van der Waals surface area contributed by atoms with E-state index >= 15 is 0 Å². The van der Waals surface area contributed by atoms with E-state index in [0.717, 1.165) is 23.7 Å². The molecule has 0 aromatic carbocycles. The number of hydrogen-bond acceptors (Lipinski definition) is 0. The first-order valence-corrected chi connectivity index (χ1v) is 9.65. The molecular weight excluding hydrogens is 264 g/mol. The molecule has 0 aromatic rings. The normalized spacial score (nSPS) is 53.5. The molecule has 4 aliphatic carbocycles. The molecule has 0 radical (unpaired) electrons. The zero-order valence-corrected chi connectivity index (χ0v) is 14.8. The van der Waals surface area contributed by atoms with Crippen molar-refractivity contribution in [2.45, 2.75) is 71.6 Å². The first-order chi connectivity index (χ1) is 10.3. The maximum absolute atomic E-state index is 4.88. The minimum absolute atomic E-state index is 0.343. The summed E-state index contributed by atoms with van der Waals surface area (Å²) >= 11 is 0. The Hall–Kier alpha value is -0.520. The van der Waals surface area contributed by atoms with E-state index in [-0.39, 0.29) is 0 Å². The van der Waals surface area contributed by atoms with Crippen molar-refractivity contribution in [3.05, 3.63) is 26.0 Å². The summed E-state index contributed by atoms with van der Waals surface area (Å²) in [5.41, 5.74) is 2.63. The largest absolute Gasteiger partial charge is 0.113 e. The van der Waals surface area contributed by atoms with E-state index in [4.69, 9.17) is 13.8 Å². The van der Waals surface area contributed by atoms with Gasteiger partial charge in [0.2, 0.25) is 0 Å². The Morgan fingerprint density at radius 2 is 1.68 bits per heavy atom. The lowest BCUT2D eigenvalue weighted by atomic mass is 9.43. The van der Waals surface area contributed by atoms with Gasteiger partial charge in [0.05, 0.1) is 13.8 Å². The van der Waals surface area contributed by atoms with Crippen LogP contribution in [0.5, 0.6) is 0 Å². The van der Waals surface area contributed by atoms with Crippen LogP contribution in [0.15, 0.2) is 12.2 Å². The van der Waals surface area contributed by atoms with Gasteiger partial charge < -0.3 is 0 Å². The predicted molar refractivity (Wildman–Crippen MR) is 94.0 cm³/mol. The molecule has 0 amide bonds. The smallest absolute Gasteiger partial charge is 0.0998 e. The summed E-state index contributed by atoms with van der Waals surface area (Å²) in [6.45, 7) is 19.0. The Bertz CT molecular complexity index is 486. The molecule has 0 nitrogen and oxygen atoms in total. The van der Waals surface area contributed by atoms with Crippen LogP contribution in [0.4, 0.5) is 0 Å². The summed E-state index contributed by atoms with van der Waals surface area (Å²) in [6, 6.07) is 0. The average Bonchev–Trinajstić information content (AvgIpc) is 2.70. The minimum Gasteiger partial charge on any atom is -0.0998 e. The van der Waals surface area contributed by atoms with Gasteiger partial charge in [0.1, 0.15) is 10.8 Å². The molecule has 0 heterocycles. The summed E-state index contributed by atoms with van der Waals surface area (Å²) in [5, 5.41) is 0. The van der Waals surface area contributed by atoms with Crippen molar-refractivity contribution in [1.82, 2.24) is 0 Å². The molecule has 0 saturated heterocycles. The molecule has 4 rings (SSSR count). The Balaban J connectivity index is 1.65. The van der Waals surface area contributed by atoms with Gasteiger partial charge in [-0.15, -0.1) is 0 Å². The minimum atomic E-state index is 0.343. The van der Waals surface area contributed by atoms with Crippen LogP contribution in [-0.2, 0) is 0 Å². The van der Waals surface area contributed by atoms with Crippen molar-refractivity contribution < 1.29 is 0 Å². The molecule has 0 heteroatoms. The highest BCUT2D eigenvalue weighted by Gasteiger charge is 2.67. The fraction of sp³-hybridized carbons (Fsp3) is 0.818. The first kappa shape index (κ1) is 15.0. The van der Waals surface area contributed by atoms with Crippen LogP contribution < -0.4 is 0 Å². The molecule has 6 unspecified atom stereocenters. The zero-order valence-electron chi connectivity index (χ0n) is 14.8. The number of fused-ring (bicyclic) bond motifs is 5. The predicted octanol–water partition coefficient (Wildman–Crippen LogP) is 6.24. The topological polar surface area (TPSA) is 0 Å². The third kappa shape index (κ3) is 1.76. The summed E-state index contributed by atoms with van der Waals surface area (Å²) in [7, 11) is 0. The molecular formula is C22H34+2. The Labute approximate surface area is 138 Å². The third-order valence-corrected chi connectivity index (χ3v) is 8.95. The molecule has 4 aliphatic rings. The van der Waals surface area contributed by atoms with Gasteiger partial charge in [0.25, 0.3) is 0 Å². The molecule has 0 bridgehead atoms. The second-order valence-corrected chi connectivity index (χ2v) is 9.96. The van der Waals surface area contributed by atoms with Gasteiger partial charge >= 0.3 is 0 Å². The highest BCUT2D eigenvalue weighted by Crippen LogP contribution is 2.70. The van der Waals surface area contributed by atoms with Crippen LogP contribution in [0.3, 0.4) is 0 Å². The molecule has 4 fully saturated rings. The zero-order chi connectivity index (χ0) is 15.8. The van der Waals surface area contributed by atoms with E-state index in [9.17, 15) is 0 Å². The lowest BCUT2D eigenvalue weighted by Gasteiger charge is -2.56. The van der Waals surface area contributed by atoms with E-state index in [1.54, 1.807) is 0 Å². The van der Waals surface area contributed by atoms with E-state index in [1.807, 2.05) is 0 Å². The molecule has 0 spiro atoms. The summed E-state index contributed by atoms with van der Waals surface area (Å²) in [6.07, 6.45) is 12.2. The molecule has 120 valence electrons. The molecule has 0 aliphatic heterocycles. The highest BCUT2D eigenvalue weighted by molar-refractivity contribution is 5.17. The highest BCUT2D eigenvalue weighted by atomic mass is 14.7. The first-order valence-electron chi connectivity index (χ1n) is 9.65. The molecule has 6 atom stereocenters. The van der Waals surface area contributed by atoms with E-state index in [2.05, 4.69) is 20.4 Å². The van der Waals surface area contributed by atoms with Gasteiger partial charge in [-0.3, -0.25) is 0 Å². The van der Waals surface area contributed by atoms with E-state index < -0.39 is 0 Å². The monoisotopic (exact) mass is 298 g/mol. The fourth-order valence-corrected chi connectivity index (χ4v) is 7.25. The second kappa shape index (κ2) is 4.52. The standard InChI is InChI=1S/C22H34/c1-15-8-12-21(4)16(14-15)6-7-17-18(21)10-13-22(5)19(17)9-11-20(22,2)3/h16-19H,1,4-14H2,2-3H3/q+2. The van der Waals surface area contributed by atoms with Crippen LogP contribution in [0.2, 0.25) is 0 Å². The Kier molecular flexibility index (Phi) is 3.09. The van der Waals surface area contributed by atoms with Crippen LogP contribution in [-0.4, -0.2) is 0 Å². The molecule has 0 aromatic heterocycles. The van der Waals surface area contributed by atoms with Crippen molar-refractivity contribution in [3.8, 4) is 0 Å². The maximum Gasteiger partial charge on any atom is 0.113 e. The van der Waals surface area contributed by atoms with E-state index in [0.29, 0.717) is 16.2 Å². The SMILES string of the molecule is C=C1CCC2([CH2+])C(CCC3C2CCC2([CH2+])C3CCC2(C)C)C1.